The molecule has 2 unspecified atom stereocenters. The summed E-state index contributed by atoms with van der Waals surface area (Å²) < 4.78 is 40.5. The SMILES string of the molecule is O=C1C2C(c3ccc(OC(F)(F)F)cc3)[C@@H]2C(=O)N1c1cc(Cl)cc(Cl)c1. The number of halogens is 5. The summed E-state index contributed by atoms with van der Waals surface area (Å²) >= 11 is 11.9. The highest BCUT2D eigenvalue weighted by Gasteiger charge is 2.67. The first-order valence-corrected chi connectivity index (χ1v) is 8.61. The molecule has 0 aromatic heterocycles. The van der Waals surface area contributed by atoms with Crippen molar-refractivity contribution in [3.63, 3.8) is 0 Å². The number of benzene rings is 2. The zero-order chi connectivity index (χ0) is 19.5. The maximum atomic E-state index is 12.7. The second kappa shape index (κ2) is 6.14. The fourth-order valence-electron chi connectivity index (χ4n) is 3.56. The molecule has 4 nitrogen and oxygen atoms in total. The van der Waals surface area contributed by atoms with E-state index in [0.717, 1.165) is 4.90 Å². The molecule has 0 spiro atoms. The Labute approximate surface area is 161 Å². The highest BCUT2D eigenvalue weighted by molar-refractivity contribution is 6.36. The van der Waals surface area contributed by atoms with Gasteiger partial charge in [0.2, 0.25) is 11.8 Å². The molecule has 1 saturated carbocycles. The third kappa shape index (κ3) is 3.26. The van der Waals surface area contributed by atoms with Gasteiger partial charge in [-0.15, -0.1) is 13.2 Å². The molecule has 0 N–H and O–H groups in total. The van der Waals surface area contributed by atoms with Crippen LogP contribution in [0.4, 0.5) is 18.9 Å². The van der Waals surface area contributed by atoms with E-state index in [2.05, 4.69) is 4.74 Å². The molecule has 140 valence electrons. The summed E-state index contributed by atoms with van der Waals surface area (Å²) in [7, 11) is 0. The van der Waals surface area contributed by atoms with Gasteiger partial charge in [-0.3, -0.25) is 9.59 Å². The molecular weight excluding hydrogens is 406 g/mol. The second-order valence-corrected chi connectivity index (χ2v) is 7.21. The number of anilines is 1. The third-order valence-electron chi connectivity index (χ3n) is 4.63. The van der Waals surface area contributed by atoms with Crippen molar-refractivity contribution in [1.82, 2.24) is 0 Å². The standard InChI is InChI=1S/C18H10Cl2F3NO3/c19-9-5-10(20)7-11(6-9)24-16(25)14-13(15(14)17(24)26)8-1-3-12(4-2-8)27-18(21,22)23/h1-7,13-15H/t13?,14-,15?/m0/s1. The number of ether oxygens (including phenoxy) is 1. The molecule has 2 aromatic carbocycles. The third-order valence-corrected chi connectivity index (χ3v) is 5.07. The van der Waals surface area contributed by atoms with Crippen LogP contribution in [0.5, 0.6) is 5.75 Å². The number of amides is 2. The van der Waals surface area contributed by atoms with Crippen molar-refractivity contribution in [2.75, 3.05) is 4.90 Å². The Morgan fingerprint density at radius 1 is 0.852 bits per heavy atom. The van der Waals surface area contributed by atoms with Gasteiger partial charge < -0.3 is 4.74 Å². The van der Waals surface area contributed by atoms with Crippen LogP contribution in [0.3, 0.4) is 0 Å². The minimum atomic E-state index is -4.78. The second-order valence-electron chi connectivity index (χ2n) is 6.33. The molecule has 2 fully saturated rings. The molecule has 0 radical (unpaired) electrons. The lowest BCUT2D eigenvalue weighted by molar-refractivity contribution is -0.274. The summed E-state index contributed by atoms with van der Waals surface area (Å²) in [5.74, 6) is -2.53. The molecule has 2 aliphatic rings. The molecule has 3 atom stereocenters. The van der Waals surface area contributed by atoms with E-state index < -0.39 is 18.2 Å². The van der Waals surface area contributed by atoms with E-state index in [1.54, 1.807) is 0 Å². The Morgan fingerprint density at radius 3 is 1.85 bits per heavy atom. The topological polar surface area (TPSA) is 46.6 Å². The van der Waals surface area contributed by atoms with Gasteiger partial charge in [0.15, 0.2) is 0 Å². The molecule has 1 aliphatic heterocycles. The number of rotatable bonds is 3. The fourth-order valence-corrected chi connectivity index (χ4v) is 4.08. The van der Waals surface area contributed by atoms with Gasteiger partial charge >= 0.3 is 6.36 Å². The van der Waals surface area contributed by atoms with Crippen molar-refractivity contribution in [2.24, 2.45) is 11.8 Å². The summed E-state index contributed by atoms with van der Waals surface area (Å²) in [6, 6.07) is 9.65. The van der Waals surface area contributed by atoms with Gasteiger partial charge in [-0.25, -0.2) is 4.90 Å². The van der Waals surface area contributed by atoms with Crippen molar-refractivity contribution >= 4 is 40.7 Å². The lowest BCUT2D eigenvalue weighted by atomic mass is 10.1. The summed E-state index contributed by atoms with van der Waals surface area (Å²) in [5, 5.41) is 0.603. The Bertz CT molecular complexity index is 904. The van der Waals surface area contributed by atoms with Crippen molar-refractivity contribution in [2.45, 2.75) is 12.3 Å². The number of hydrogen-bond donors (Lipinski definition) is 0. The average Bonchev–Trinajstić information content (AvgIpc) is 3.22. The van der Waals surface area contributed by atoms with Crippen LogP contribution in [0, 0.1) is 11.8 Å². The Morgan fingerprint density at radius 2 is 1.37 bits per heavy atom. The molecule has 1 aliphatic carbocycles. The molecule has 1 heterocycles. The van der Waals surface area contributed by atoms with Gasteiger partial charge in [-0.1, -0.05) is 35.3 Å². The van der Waals surface area contributed by atoms with E-state index in [9.17, 15) is 22.8 Å². The van der Waals surface area contributed by atoms with E-state index in [1.165, 1.54) is 42.5 Å². The van der Waals surface area contributed by atoms with Gasteiger partial charge in [-0.05, 0) is 35.9 Å². The van der Waals surface area contributed by atoms with E-state index in [0.29, 0.717) is 21.3 Å². The summed E-state index contributed by atoms with van der Waals surface area (Å²) in [6.07, 6.45) is -4.78. The number of carbonyl (C=O) groups is 2. The Balaban J connectivity index is 1.53. The minimum absolute atomic E-state index is 0.301. The number of fused-ring (bicyclic) bond motifs is 1. The van der Waals surface area contributed by atoms with Crippen LogP contribution in [-0.4, -0.2) is 18.2 Å². The monoisotopic (exact) mass is 415 g/mol. The zero-order valence-corrected chi connectivity index (χ0v) is 14.8. The predicted octanol–water partition coefficient (Wildman–Crippen LogP) is 4.80. The number of carbonyl (C=O) groups excluding carboxylic acids is 2. The average molecular weight is 416 g/mol. The van der Waals surface area contributed by atoms with E-state index >= 15 is 0 Å². The van der Waals surface area contributed by atoms with Gasteiger partial charge in [-0.2, -0.15) is 0 Å². The van der Waals surface area contributed by atoms with Crippen LogP contribution in [0.2, 0.25) is 10.0 Å². The molecule has 1 saturated heterocycles. The molecule has 9 heteroatoms. The first kappa shape index (κ1) is 18.1. The van der Waals surface area contributed by atoms with Crippen molar-refractivity contribution in [1.29, 1.82) is 0 Å². The number of alkyl halides is 3. The minimum Gasteiger partial charge on any atom is -0.406 e. The molecule has 2 aromatic rings. The molecule has 27 heavy (non-hydrogen) atoms. The maximum absolute atomic E-state index is 12.7. The predicted molar refractivity (Wildman–Crippen MR) is 91.8 cm³/mol. The van der Waals surface area contributed by atoms with Crippen molar-refractivity contribution in [3.05, 3.63) is 58.1 Å². The van der Waals surface area contributed by atoms with Crippen LogP contribution < -0.4 is 9.64 Å². The van der Waals surface area contributed by atoms with Crippen molar-refractivity contribution in [3.8, 4) is 5.75 Å². The van der Waals surface area contributed by atoms with Gasteiger partial charge in [0.1, 0.15) is 5.75 Å². The first-order chi connectivity index (χ1) is 12.7. The highest BCUT2D eigenvalue weighted by Crippen LogP contribution is 2.60. The molecular formula is C18H10Cl2F3NO3. The van der Waals surface area contributed by atoms with Crippen LogP contribution in [-0.2, 0) is 9.59 Å². The lowest BCUT2D eigenvalue weighted by Crippen LogP contribution is -2.34. The number of piperidine rings is 1. The van der Waals surface area contributed by atoms with E-state index in [4.69, 9.17) is 23.2 Å². The van der Waals surface area contributed by atoms with Gasteiger partial charge in [0.05, 0.1) is 17.5 Å². The lowest BCUT2D eigenvalue weighted by Gasteiger charge is -2.19. The van der Waals surface area contributed by atoms with Gasteiger partial charge in [0, 0.05) is 16.0 Å². The number of nitrogens with zero attached hydrogens (tertiary/aromatic N) is 1. The number of hydrogen-bond acceptors (Lipinski definition) is 3. The first-order valence-electron chi connectivity index (χ1n) is 7.85. The molecule has 4 rings (SSSR count). The fraction of sp³-hybridized carbons (Fsp3) is 0.222. The largest absolute Gasteiger partial charge is 0.573 e. The van der Waals surface area contributed by atoms with E-state index in [1.807, 2.05) is 0 Å². The molecule has 0 bridgehead atoms. The highest BCUT2D eigenvalue weighted by atomic mass is 35.5. The Hall–Kier alpha value is -2.25. The van der Waals surface area contributed by atoms with Crippen LogP contribution >= 0.6 is 23.2 Å². The molecule has 2 amide bonds. The summed E-state index contributed by atoms with van der Waals surface area (Å²) in [4.78, 5) is 26.4. The summed E-state index contributed by atoms with van der Waals surface area (Å²) in [5.41, 5.74) is 0.923. The van der Waals surface area contributed by atoms with Gasteiger partial charge in [0.25, 0.3) is 0 Å². The quantitative estimate of drug-likeness (QED) is 0.676. The van der Waals surface area contributed by atoms with Crippen LogP contribution in [0.15, 0.2) is 42.5 Å². The summed E-state index contributed by atoms with van der Waals surface area (Å²) in [6.45, 7) is 0. The number of imide groups is 1. The van der Waals surface area contributed by atoms with Crippen LogP contribution in [0.1, 0.15) is 11.5 Å². The zero-order valence-electron chi connectivity index (χ0n) is 13.3. The smallest absolute Gasteiger partial charge is 0.406 e. The normalized spacial score (nSPS) is 24.2. The van der Waals surface area contributed by atoms with Crippen molar-refractivity contribution < 1.29 is 27.5 Å². The van der Waals surface area contributed by atoms with Crippen LogP contribution in [0.25, 0.3) is 0 Å². The van der Waals surface area contributed by atoms with E-state index in [-0.39, 0.29) is 23.5 Å². The maximum Gasteiger partial charge on any atom is 0.573 e. The Kier molecular flexibility index (Phi) is 4.12.